The summed E-state index contributed by atoms with van der Waals surface area (Å²) in [5, 5.41) is 15.6. The van der Waals surface area contributed by atoms with E-state index in [1.165, 1.54) is 6.07 Å². The van der Waals surface area contributed by atoms with Gasteiger partial charge in [0.15, 0.2) is 0 Å². The molecule has 2 fully saturated rings. The zero-order valence-electron chi connectivity index (χ0n) is 17.9. The summed E-state index contributed by atoms with van der Waals surface area (Å²) in [5.74, 6) is -0.210. The van der Waals surface area contributed by atoms with E-state index in [1.54, 1.807) is 18.0 Å². The molecule has 1 saturated carbocycles. The summed E-state index contributed by atoms with van der Waals surface area (Å²) < 4.78 is 14.9. The third kappa shape index (κ3) is 3.65. The number of likely N-dealkylation sites (N-methyl/N-ethyl adjacent to an activating group) is 1. The quantitative estimate of drug-likeness (QED) is 0.761. The number of nitrogens with zero attached hydrogens (tertiary/aromatic N) is 2. The number of carbonyl (C=O) groups is 2. The molecule has 2 aromatic carbocycles. The number of rotatable bonds is 5. The lowest BCUT2D eigenvalue weighted by Crippen LogP contribution is -2.50. The molecule has 6 nitrogen and oxygen atoms in total. The van der Waals surface area contributed by atoms with E-state index >= 15 is 0 Å². The van der Waals surface area contributed by atoms with Gasteiger partial charge < -0.3 is 15.5 Å². The molecule has 32 heavy (non-hydrogen) atoms. The van der Waals surface area contributed by atoms with Gasteiger partial charge in [0.2, 0.25) is 11.8 Å². The van der Waals surface area contributed by atoms with Crippen LogP contribution in [-0.4, -0.2) is 37.0 Å². The standard InChI is InChI=1S/C25H25FN4O2/c1-30-22-11-15(3-5-17(22)12-23(30)31)14-2-4-16(21(26)10-14)8-20(13-27)29-25(32)24-18-6-7-19(9-18)28-24/h2-5,10-11,18-20,24,28H,6-9,12H2,1H3,(H,29,32)/t18-,19-,20-,24-/m0/s1. The van der Waals surface area contributed by atoms with Gasteiger partial charge in [-0.25, -0.2) is 4.39 Å². The Morgan fingerprint density at radius 2 is 2.06 bits per heavy atom. The molecule has 1 saturated heterocycles. The number of piperidine rings is 1. The smallest absolute Gasteiger partial charge is 0.238 e. The van der Waals surface area contributed by atoms with Crippen LogP contribution in [0.5, 0.6) is 0 Å². The molecule has 2 aromatic rings. The van der Waals surface area contributed by atoms with Crippen molar-refractivity contribution in [1.29, 1.82) is 5.26 Å². The molecule has 7 heteroatoms. The van der Waals surface area contributed by atoms with E-state index in [-0.39, 0.29) is 24.3 Å². The number of halogens is 1. The van der Waals surface area contributed by atoms with E-state index < -0.39 is 11.9 Å². The fraction of sp³-hybridized carbons (Fsp3) is 0.400. The zero-order chi connectivity index (χ0) is 22.4. The van der Waals surface area contributed by atoms with Crippen molar-refractivity contribution >= 4 is 17.5 Å². The lowest BCUT2D eigenvalue weighted by Gasteiger charge is -2.23. The summed E-state index contributed by atoms with van der Waals surface area (Å²) in [6.07, 6.45) is 3.65. The summed E-state index contributed by atoms with van der Waals surface area (Å²) in [5.41, 5.74) is 3.72. The molecular formula is C25H25FN4O2. The number of nitrogens with one attached hydrogen (secondary N) is 2. The van der Waals surface area contributed by atoms with Crippen molar-refractivity contribution in [1.82, 2.24) is 10.6 Å². The molecule has 2 N–H and O–H groups in total. The second kappa shape index (κ2) is 8.03. The van der Waals surface area contributed by atoms with Crippen molar-refractivity contribution in [3.63, 3.8) is 0 Å². The molecule has 5 rings (SSSR count). The SMILES string of the molecule is CN1C(=O)Cc2ccc(-c3ccc(C[C@@H](C#N)NC(=O)[C@H]4N[C@H]5CC[C@H]4C5)c(F)c3)cc21. The number of fused-ring (bicyclic) bond motifs is 3. The number of anilines is 1. The predicted octanol–water partition coefficient (Wildman–Crippen LogP) is 2.70. The Bertz CT molecular complexity index is 1140. The minimum Gasteiger partial charge on any atom is -0.339 e. The maximum atomic E-state index is 14.9. The summed E-state index contributed by atoms with van der Waals surface area (Å²) in [4.78, 5) is 26.1. The van der Waals surface area contributed by atoms with E-state index in [9.17, 15) is 19.2 Å². The molecule has 2 amide bonds. The van der Waals surface area contributed by atoms with E-state index in [2.05, 4.69) is 16.7 Å². The zero-order valence-corrected chi connectivity index (χ0v) is 17.9. The first kappa shape index (κ1) is 20.7. The van der Waals surface area contributed by atoms with Crippen LogP contribution in [0.1, 0.15) is 30.4 Å². The van der Waals surface area contributed by atoms with Gasteiger partial charge in [-0.15, -0.1) is 0 Å². The van der Waals surface area contributed by atoms with Crippen molar-refractivity contribution in [2.45, 2.75) is 50.2 Å². The van der Waals surface area contributed by atoms with Gasteiger partial charge in [-0.05, 0) is 59.6 Å². The molecule has 3 aliphatic rings. The van der Waals surface area contributed by atoms with Crippen LogP contribution in [0.4, 0.5) is 10.1 Å². The Labute approximate surface area is 186 Å². The van der Waals surface area contributed by atoms with E-state index in [4.69, 9.17) is 0 Å². The van der Waals surface area contributed by atoms with Gasteiger partial charge in [0.05, 0.1) is 18.5 Å². The van der Waals surface area contributed by atoms with E-state index in [0.717, 1.165) is 36.1 Å². The van der Waals surface area contributed by atoms with Crippen LogP contribution < -0.4 is 15.5 Å². The monoisotopic (exact) mass is 432 g/mol. The highest BCUT2D eigenvalue weighted by Gasteiger charge is 2.43. The first-order valence-corrected chi connectivity index (χ1v) is 11.1. The van der Waals surface area contributed by atoms with Crippen molar-refractivity contribution < 1.29 is 14.0 Å². The summed E-state index contributed by atoms with van der Waals surface area (Å²) >= 11 is 0. The third-order valence-corrected chi connectivity index (χ3v) is 7.09. The largest absolute Gasteiger partial charge is 0.339 e. The van der Waals surface area contributed by atoms with Crippen LogP contribution in [0.25, 0.3) is 11.1 Å². The highest BCUT2D eigenvalue weighted by molar-refractivity contribution is 6.01. The van der Waals surface area contributed by atoms with Crippen LogP contribution in [0, 0.1) is 23.1 Å². The number of hydrogen-bond acceptors (Lipinski definition) is 4. The van der Waals surface area contributed by atoms with Gasteiger partial charge in [-0.1, -0.05) is 24.3 Å². The molecule has 2 heterocycles. The molecule has 164 valence electrons. The van der Waals surface area contributed by atoms with Gasteiger partial charge in [-0.3, -0.25) is 9.59 Å². The van der Waals surface area contributed by atoms with Crippen LogP contribution in [0.3, 0.4) is 0 Å². The maximum absolute atomic E-state index is 14.9. The number of nitriles is 1. The van der Waals surface area contributed by atoms with Crippen LogP contribution in [0.2, 0.25) is 0 Å². The van der Waals surface area contributed by atoms with Crippen LogP contribution in [0.15, 0.2) is 36.4 Å². The normalized spacial score (nSPS) is 24.3. The Morgan fingerprint density at radius 3 is 2.75 bits per heavy atom. The molecule has 0 aromatic heterocycles. The lowest BCUT2D eigenvalue weighted by molar-refractivity contribution is -0.124. The van der Waals surface area contributed by atoms with Gasteiger partial charge in [0.25, 0.3) is 0 Å². The fourth-order valence-electron chi connectivity index (χ4n) is 5.27. The van der Waals surface area contributed by atoms with Crippen molar-refractivity contribution in [3.8, 4) is 17.2 Å². The highest BCUT2D eigenvalue weighted by Crippen LogP contribution is 2.35. The first-order chi connectivity index (χ1) is 15.4. The van der Waals surface area contributed by atoms with Crippen molar-refractivity contribution in [3.05, 3.63) is 53.3 Å². The van der Waals surface area contributed by atoms with Crippen LogP contribution >= 0.6 is 0 Å². The molecule has 4 atom stereocenters. The summed E-state index contributed by atoms with van der Waals surface area (Å²) in [7, 11) is 1.74. The van der Waals surface area contributed by atoms with Gasteiger partial charge >= 0.3 is 0 Å². The average Bonchev–Trinajstić information content (AvgIpc) is 3.50. The maximum Gasteiger partial charge on any atom is 0.238 e. The first-order valence-electron chi connectivity index (χ1n) is 11.1. The fourth-order valence-corrected chi connectivity index (χ4v) is 5.27. The second-order valence-corrected chi connectivity index (χ2v) is 9.09. The Morgan fingerprint density at radius 1 is 1.28 bits per heavy atom. The molecule has 0 spiro atoms. The number of amides is 2. The van der Waals surface area contributed by atoms with Gasteiger partial charge in [0, 0.05) is 25.2 Å². The van der Waals surface area contributed by atoms with E-state index in [1.807, 2.05) is 24.3 Å². The topological polar surface area (TPSA) is 85.2 Å². The minimum absolute atomic E-state index is 0.0453. The second-order valence-electron chi connectivity index (χ2n) is 9.09. The summed E-state index contributed by atoms with van der Waals surface area (Å²) in [6, 6.07) is 12.1. The van der Waals surface area contributed by atoms with E-state index in [0.29, 0.717) is 29.5 Å². The molecule has 1 aliphatic carbocycles. The minimum atomic E-state index is -0.788. The average molecular weight is 432 g/mol. The molecule has 2 aliphatic heterocycles. The van der Waals surface area contributed by atoms with Crippen molar-refractivity contribution in [2.75, 3.05) is 11.9 Å². The van der Waals surface area contributed by atoms with Crippen LogP contribution in [-0.2, 0) is 22.4 Å². The molecule has 2 bridgehead atoms. The Balaban J connectivity index is 1.29. The predicted molar refractivity (Wildman–Crippen MR) is 118 cm³/mol. The molecule has 0 radical (unpaired) electrons. The highest BCUT2D eigenvalue weighted by atomic mass is 19.1. The number of hydrogen-bond donors (Lipinski definition) is 2. The van der Waals surface area contributed by atoms with Crippen molar-refractivity contribution in [2.24, 2.45) is 5.92 Å². The lowest BCUT2D eigenvalue weighted by atomic mass is 9.97. The Kier molecular flexibility index (Phi) is 5.18. The third-order valence-electron chi connectivity index (χ3n) is 7.09. The van der Waals surface area contributed by atoms with Gasteiger partial charge in [-0.2, -0.15) is 5.26 Å². The molecular weight excluding hydrogens is 407 g/mol. The van der Waals surface area contributed by atoms with Gasteiger partial charge in [0.1, 0.15) is 11.9 Å². The number of benzene rings is 2. The Hall–Kier alpha value is -3.24. The summed E-state index contributed by atoms with van der Waals surface area (Å²) in [6.45, 7) is 0. The number of carbonyl (C=O) groups excluding carboxylic acids is 2. The molecule has 0 unspecified atom stereocenters.